The smallest absolute Gasteiger partial charge is 0 e. The molecule has 0 aliphatic heterocycles. The molecule has 22 valence electrons. The van der Waals surface area contributed by atoms with Crippen LogP contribution in [0, 0.1) is 0 Å². The van der Waals surface area contributed by atoms with E-state index in [4.69, 9.17) is 0 Å². The van der Waals surface area contributed by atoms with Crippen LogP contribution in [0.1, 0.15) is 0 Å². The Kier molecular flexibility index (Phi) is 3480. The minimum atomic E-state index is 0. The molecule has 0 N–H and O–H groups in total. The molecule has 0 heterocycles. The fourth-order valence-electron chi connectivity index (χ4n) is 0. The predicted molar refractivity (Wildman–Crippen MR) is 15.2 cm³/mol. The third-order valence-electron chi connectivity index (χ3n) is 0. The van der Waals surface area contributed by atoms with Gasteiger partial charge in [0.25, 0.3) is 0 Å². The van der Waals surface area contributed by atoms with Crippen molar-refractivity contribution in [2.45, 2.75) is 0 Å². The molecule has 0 saturated carbocycles. The molecule has 0 aromatic rings. The summed E-state index contributed by atoms with van der Waals surface area (Å²) in [5, 5.41) is 3.50. The van der Waals surface area contributed by atoms with Crippen LogP contribution in [0.4, 0.5) is 0 Å². The molecule has 0 radical (unpaired) electrons. The van der Waals surface area contributed by atoms with Crippen LogP contribution >= 0.6 is 0 Å². The molecule has 0 aliphatic rings. The van der Waals surface area contributed by atoms with Crippen molar-refractivity contribution in [2.24, 2.45) is 0 Å². The molecule has 0 aromatic carbocycles. The van der Waals surface area contributed by atoms with Crippen molar-refractivity contribution in [3.05, 3.63) is 5.32 Å². The first-order chi connectivity index (χ1) is 1.41. The Hall–Kier alpha value is -1.04. The van der Waals surface area contributed by atoms with Crippen molar-refractivity contribution in [2.75, 3.05) is 14.1 Å². The van der Waals surface area contributed by atoms with Crippen LogP contribution < -0.4 is 0 Å². The molecular formula is C2H6NRf-. The molecule has 0 aliphatic carbocycles. The summed E-state index contributed by atoms with van der Waals surface area (Å²) in [5.74, 6) is 0. The van der Waals surface area contributed by atoms with E-state index < -0.39 is 0 Å². The average Bonchev–Trinajstić information content (AvgIpc) is 0.918. The van der Waals surface area contributed by atoms with Crippen LogP contribution in [-0.2, 0) is 0 Å². The summed E-state index contributed by atoms with van der Waals surface area (Å²) in [6.07, 6.45) is 0. The van der Waals surface area contributed by atoms with Crippen molar-refractivity contribution < 1.29 is 0 Å². The van der Waals surface area contributed by atoms with E-state index in [2.05, 4.69) is 5.32 Å². The van der Waals surface area contributed by atoms with Crippen molar-refractivity contribution in [3.8, 4) is 0 Å². The molecule has 0 spiro atoms. The first-order valence-electron chi connectivity index (χ1n) is 0.894. The van der Waals surface area contributed by atoms with Gasteiger partial charge in [0.05, 0.1) is 0 Å². The zero-order valence-corrected chi connectivity index (χ0v) is 9.55. The Labute approximate surface area is 20.7 Å². The second-order valence-corrected chi connectivity index (χ2v) is 0.447. The van der Waals surface area contributed by atoms with Gasteiger partial charge in [-0.25, -0.2) is 0 Å². The summed E-state index contributed by atoms with van der Waals surface area (Å²) in [6, 6.07) is 0. The van der Waals surface area contributed by atoms with E-state index in [1.165, 1.54) is 0 Å². The average molecular weight is 311 g/mol. The van der Waals surface area contributed by atoms with Crippen LogP contribution in [-0.4, -0.2) is 14.1 Å². The zero-order chi connectivity index (χ0) is 2.71. The first kappa shape index (κ1) is 12.3. The fourth-order valence-corrected chi connectivity index (χ4v) is 0. The number of hydrogen-bond donors (Lipinski definition) is 0. The summed E-state index contributed by atoms with van der Waals surface area (Å²) in [4.78, 5) is 0. The van der Waals surface area contributed by atoms with Gasteiger partial charge in [-0.1, -0.05) is 0 Å². The van der Waals surface area contributed by atoms with Gasteiger partial charge < -0.3 is 5.32 Å². The number of hydrogen-bond acceptors (Lipinski definition) is 0. The SMILES string of the molecule is C[N-]C.[Rf]. The van der Waals surface area contributed by atoms with Crippen LogP contribution in [0.5, 0.6) is 0 Å². The van der Waals surface area contributed by atoms with E-state index in [-0.39, 0.29) is 0 Å². The van der Waals surface area contributed by atoms with Crippen molar-refractivity contribution in [1.82, 2.24) is 0 Å². The summed E-state index contributed by atoms with van der Waals surface area (Å²) >= 11 is 0. The summed E-state index contributed by atoms with van der Waals surface area (Å²) in [7, 11) is 3.50. The summed E-state index contributed by atoms with van der Waals surface area (Å²) < 4.78 is 0. The van der Waals surface area contributed by atoms with Gasteiger partial charge in [-0.2, -0.15) is 14.1 Å². The second-order valence-electron chi connectivity index (χ2n) is 0.447. The summed E-state index contributed by atoms with van der Waals surface area (Å²) in [6.45, 7) is 0. The van der Waals surface area contributed by atoms with Crippen molar-refractivity contribution in [1.29, 1.82) is 0 Å². The third kappa shape index (κ3) is 0.00142. The van der Waals surface area contributed by atoms with Gasteiger partial charge in [0.1, 0.15) is 0 Å². The Morgan fingerprint density at radius 3 is 1.25 bits per heavy atom. The number of rotatable bonds is 0. The predicted octanol–water partition coefficient (Wildman–Crippen LogP) is 0.620. The fraction of sp³-hybridized carbons (Fsp3) is 1.00. The molecule has 0 rings (SSSR count). The quantitative estimate of drug-likeness (QED) is 0.623. The van der Waals surface area contributed by atoms with E-state index in [9.17, 15) is 0 Å². The molecule has 0 fully saturated rings. The Balaban J connectivity index is 0. The zero-order valence-electron chi connectivity index (χ0n) is 3.15. The second kappa shape index (κ2) is 1130. The molecule has 1 nitrogen and oxygen atoms in total. The molecule has 0 unspecified atom stereocenters. The van der Waals surface area contributed by atoms with E-state index in [0.29, 0.717) is 0 Å². The van der Waals surface area contributed by atoms with Gasteiger partial charge in [0, 0.05) is 0 Å². The molecule has 0 aromatic heterocycles. The van der Waals surface area contributed by atoms with Gasteiger partial charge >= 0.3 is 0 Å². The minimum absolute atomic E-state index is 0. The topological polar surface area (TPSA) is 14.1 Å². The standard InChI is InChI=1S/C2H6N.Rf/c1-3-2;/h1-2H3;/q-1;. The summed E-state index contributed by atoms with van der Waals surface area (Å²) in [5.41, 5.74) is 0. The Morgan fingerprint density at radius 1 is 1.25 bits per heavy atom. The molecule has 0 amide bonds. The molecule has 0 saturated heterocycles. The van der Waals surface area contributed by atoms with E-state index in [1.54, 1.807) is 14.1 Å². The maximum absolute atomic E-state index is 3.50. The van der Waals surface area contributed by atoms with E-state index in [0.717, 1.165) is 0 Å². The van der Waals surface area contributed by atoms with Crippen molar-refractivity contribution >= 4 is 0 Å². The Bertz CT molecular complexity index is 6.00. The van der Waals surface area contributed by atoms with Crippen LogP contribution in [0.2, 0.25) is 0 Å². The normalized spacial score (nSPS) is 4.50. The van der Waals surface area contributed by atoms with Gasteiger partial charge in [0.2, 0.25) is 0 Å². The third-order valence-corrected chi connectivity index (χ3v) is 0. The monoisotopic (exact) mass is 311 g/mol. The molecule has 0 bridgehead atoms. The van der Waals surface area contributed by atoms with Gasteiger partial charge in [-0.05, 0) is 0 Å². The molecule has 4 heavy (non-hydrogen) atoms. The van der Waals surface area contributed by atoms with E-state index >= 15 is 0 Å². The van der Waals surface area contributed by atoms with Crippen LogP contribution in [0.25, 0.3) is 5.32 Å². The molecule has 0 atom stereocenters. The minimum Gasteiger partial charge on any atom is -0.668 e. The van der Waals surface area contributed by atoms with Gasteiger partial charge in [-0.15, -0.1) is 0 Å². The largest absolute Gasteiger partial charge is 0.668 e. The van der Waals surface area contributed by atoms with E-state index in [1.807, 2.05) is 0 Å². The maximum atomic E-state index is 3.50. The Morgan fingerprint density at radius 2 is 1.25 bits per heavy atom. The van der Waals surface area contributed by atoms with Gasteiger partial charge in [0.15, 0.2) is 0 Å². The molecular weight excluding hydrogens is 305 g/mol. The van der Waals surface area contributed by atoms with Crippen LogP contribution in [0.15, 0.2) is 0 Å². The number of nitrogens with zero attached hydrogens (tertiary/aromatic N) is 1. The molecule has 2 heteroatoms. The van der Waals surface area contributed by atoms with Crippen molar-refractivity contribution in [3.63, 3.8) is 0 Å². The van der Waals surface area contributed by atoms with Crippen LogP contribution in [0.3, 0.4) is 0 Å². The first-order valence-corrected chi connectivity index (χ1v) is 0.894. The van der Waals surface area contributed by atoms with Gasteiger partial charge in [-0.3, -0.25) is 0 Å². The maximum Gasteiger partial charge on any atom is 0 e.